The lowest BCUT2D eigenvalue weighted by Gasteiger charge is -2.22. The van der Waals surface area contributed by atoms with Crippen LogP contribution in [0.2, 0.25) is 5.02 Å². The van der Waals surface area contributed by atoms with Gasteiger partial charge in [-0.05, 0) is 29.5 Å². The molecule has 0 saturated carbocycles. The maximum Gasteiger partial charge on any atom is 0.160 e. The number of hydrogen-bond acceptors (Lipinski definition) is 0. The predicted octanol–water partition coefficient (Wildman–Crippen LogP) is 5.33. The van der Waals surface area contributed by atoms with E-state index in [4.69, 9.17) is 23.2 Å². The Hall–Kier alpha value is -0.340. The minimum Gasteiger partial charge on any atom is -0.204 e. The van der Waals surface area contributed by atoms with Crippen molar-refractivity contribution < 1.29 is 8.78 Å². The highest BCUT2D eigenvalue weighted by Crippen LogP contribution is 2.37. The van der Waals surface area contributed by atoms with E-state index in [9.17, 15) is 8.78 Å². The third-order valence-electron chi connectivity index (χ3n) is 2.17. The summed E-state index contributed by atoms with van der Waals surface area (Å²) in [4.78, 5) is 0. The lowest BCUT2D eigenvalue weighted by Crippen LogP contribution is -2.09. The average molecular weight is 267 g/mol. The van der Waals surface area contributed by atoms with E-state index in [0.29, 0.717) is 12.0 Å². The highest BCUT2D eigenvalue weighted by atomic mass is 35.5. The molecule has 1 rings (SSSR count). The number of rotatable bonds is 2. The first kappa shape index (κ1) is 13.7. The zero-order valence-electron chi connectivity index (χ0n) is 9.45. The summed E-state index contributed by atoms with van der Waals surface area (Å²) in [5.74, 6) is -1.87. The summed E-state index contributed by atoms with van der Waals surface area (Å²) in [5.41, 5.74) is 0.442. The summed E-state index contributed by atoms with van der Waals surface area (Å²) in [6.07, 6.45) is 0.638. The molecule has 16 heavy (non-hydrogen) atoms. The highest BCUT2D eigenvalue weighted by Gasteiger charge is 2.21. The van der Waals surface area contributed by atoms with E-state index in [2.05, 4.69) is 0 Å². The van der Waals surface area contributed by atoms with Crippen molar-refractivity contribution in [3.05, 3.63) is 34.4 Å². The molecule has 0 fully saturated rings. The third-order valence-corrected chi connectivity index (χ3v) is 2.89. The maximum absolute atomic E-state index is 13.1. The SMILES string of the molecule is CC(C)(C)CC(Cl)c1cc(F)c(F)cc1Cl. The van der Waals surface area contributed by atoms with Crippen LogP contribution in [0.3, 0.4) is 0 Å². The maximum atomic E-state index is 13.1. The molecule has 1 aromatic carbocycles. The second-order valence-electron chi connectivity index (χ2n) is 5.02. The first-order valence-corrected chi connectivity index (χ1v) is 5.80. The molecule has 1 atom stereocenters. The van der Waals surface area contributed by atoms with E-state index in [0.717, 1.165) is 12.1 Å². The summed E-state index contributed by atoms with van der Waals surface area (Å²) in [6, 6.07) is 2.03. The van der Waals surface area contributed by atoms with Crippen molar-refractivity contribution >= 4 is 23.2 Å². The summed E-state index contributed by atoms with van der Waals surface area (Å²) in [5, 5.41) is -0.245. The number of hydrogen-bond donors (Lipinski definition) is 0. The fourth-order valence-corrected chi connectivity index (χ4v) is 2.41. The Morgan fingerprint density at radius 3 is 2.19 bits per heavy atom. The molecule has 0 nitrogen and oxygen atoms in total. The molecule has 0 N–H and O–H groups in total. The molecule has 0 aliphatic heterocycles. The summed E-state index contributed by atoms with van der Waals surface area (Å²) < 4.78 is 25.9. The van der Waals surface area contributed by atoms with Gasteiger partial charge in [0.15, 0.2) is 11.6 Å². The first-order chi connectivity index (χ1) is 7.20. The van der Waals surface area contributed by atoms with Crippen LogP contribution in [0.5, 0.6) is 0 Å². The minimum atomic E-state index is -0.951. The molecule has 0 saturated heterocycles. The van der Waals surface area contributed by atoms with Gasteiger partial charge >= 0.3 is 0 Å². The lowest BCUT2D eigenvalue weighted by molar-refractivity contribution is 0.372. The van der Waals surface area contributed by atoms with Gasteiger partial charge in [0.1, 0.15) is 0 Å². The molecule has 4 heteroatoms. The Labute approximate surface area is 105 Å². The molecule has 1 unspecified atom stereocenters. The lowest BCUT2D eigenvalue weighted by atomic mass is 9.88. The van der Waals surface area contributed by atoms with E-state index in [1.807, 2.05) is 20.8 Å². The van der Waals surface area contributed by atoms with Gasteiger partial charge in [-0.2, -0.15) is 0 Å². The van der Waals surface area contributed by atoms with Gasteiger partial charge in [-0.15, -0.1) is 11.6 Å². The average Bonchev–Trinajstić information content (AvgIpc) is 2.08. The Kier molecular flexibility index (Phi) is 4.19. The molecule has 90 valence electrons. The van der Waals surface area contributed by atoms with E-state index in [1.165, 1.54) is 0 Å². The van der Waals surface area contributed by atoms with E-state index >= 15 is 0 Å². The van der Waals surface area contributed by atoms with Crippen LogP contribution >= 0.6 is 23.2 Å². The molecule has 0 amide bonds. The molecule has 1 aromatic rings. The van der Waals surface area contributed by atoms with Gasteiger partial charge in [-0.1, -0.05) is 32.4 Å². The van der Waals surface area contributed by atoms with Crippen molar-refractivity contribution in [1.29, 1.82) is 0 Å². The molecule has 0 aromatic heterocycles. The minimum absolute atomic E-state index is 0.000603. The smallest absolute Gasteiger partial charge is 0.160 e. The predicted molar refractivity (Wildman–Crippen MR) is 64.0 cm³/mol. The van der Waals surface area contributed by atoms with Crippen molar-refractivity contribution in [3.8, 4) is 0 Å². The third kappa shape index (κ3) is 3.60. The van der Waals surface area contributed by atoms with Crippen LogP contribution in [0.1, 0.15) is 38.1 Å². The second-order valence-corrected chi connectivity index (χ2v) is 5.95. The number of benzene rings is 1. The van der Waals surface area contributed by atoms with Crippen LogP contribution in [0.25, 0.3) is 0 Å². The van der Waals surface area contributed by atoms with Crippen LogP contribution in [0, 0.1) is 17.0 Å². The van der Waals surface area contributed by atoms with Crippen molar-refractivity contribution in [3.63, 3.8) is 0 Å². The summed E-state index contributed by atoms with van der Waals surface area (Å²) in [6.45, 7) is 6.07. The van der Waals surface area contributed by atoms with E-state index < -0.39 is 17.0 Å². The van der Waals surface area contributed by atoms with Gasteiger partial charge in [0.05, 0.1) is 5.38 Å². The quantitative estimate of drug-likeness (QED) is 0.501. The van der Waals surface area contributed by atoms with Crippen molar-refractivity contribution in [2.45, 2.75) is 32.6 Å². The summed E-state index contributed by atoms with van der Waals surface area (Å²) in [7, 11) is 0. The zero-order chi connectivity index (χ0) is 12.5. The van der Waals surface area contributed by atoms with Crippen LogP contribution < -0.4 is 0 Å². The fourth-order valence-electron chi connectivity index (χ4n) is 1.43. The highest BCUT2D eigenvalue weighted by molar-refractivity contribution is 6.32. The van der Waals surface area contributed by atoms with Crippen LogP contribution in [-0.2, 0) is 0 Å². The van der Waals surface area contributed by atoms with Gasteiger partial charge in [-0.25, -0.2) is 8.78 Å². The van der Waals surface area contributed by atoms with Crippen LogP contribution in [0.15, 0.2) is 12.1 Å². The van der Waals surface area contributed by atoms with Gasteiger partial charge in [-0.3, -0.25) is 0 Å². The zero-order valence-corrected chi connectivity index (χ0v) is 11.0. The second kappa shape index (κ2) is 4.89. The Bertz CT molecular complexity index is 383. The van der Waals surface area contributed by atoms with E-state index in [1.54, 1.807) is 0 Å². The first-order valence-electron chi connectivity index (χ1n) is 4.99. The van der Waals surface area contributed by atoms with Gasteiger partial charge in [0.2, 0.25) is 0 Å². The van der Waals surface area contributed by atoms with Gasteiger partial charge in [0, 0.05) is 5.02 Å². The topological polar surface area (TPSA) is 0 Å². The molecule has 0 bridgehead atoms. The molecular weight excluding hydrogens is 253 g/mol. The van der Waals surface area contributed by atoms with Crippen LogP contribution in [0.4, 0.5) is 8.78 Å². The molecule has 0 aliphatic rings. The van der Waals surface area contributed by atoms with Gasteiger partial charge < -0.3 is 0 Å². The van der Waals surface area contributed by atoms with Crippen molar-refractivity contribution in [1.82, 2.24) is 0 Å². The standard InChI is InChI=1S/C12H14Cl2F2/c1-12(2,3)6-9(14)7-4-10(15)11(16)5-8(7)13/h4-5,9H,6H2,1-3H3. The Morgan fingerprint density at radius 1 is 1.19 bits per heavy atom. The largest absolute Gasteiger partial charge is 0.204 e. The summed E-state index contributed by atoms with van der Waals surface area (Å²) >= 11 is 12.0. The fraction of sp³-hybridized carbons (Fsp3) is 0.500. The number of halogens is 4. The van der Waals surface area contributed by atoms with Crippen molar-refractivity contribution in [2.24, 2.45) is 5.41 Å². The Morgan fingerprint density at radius 2 is 1.69 bits per heavy atom. The van der Waals surface area contributed by atoms with Crippen molar-refractivity contribution in [2.75, 3.05) is 0 Å². The van der Waals surface area contributed by atoms with E-state index in [-0.39, 0.29) is 10.4 Å². The molecule has 0 aliphatic carbocycles. The normalized spacial score (nSPS) is 13.9. The molecule has 0 radical (unpaired) electrons. The molecule has 0 heterocycles. The van der Waals surface area contributed by atoms with Crippen LogP contribution in [-0.4, -0.2) is 0 Å². The monoisotopic (exact) mass is 266 g/mol. The molecule has 0 spiro atoms. The number of alkyl halides is 1. The molecular formula is C12H14Cl2F2. The Balaban J connectivity index is 3.00. The van der Waals surface area contributed by atoms with Gasteiger partial charge in [0.25, 0.3) is 0 Å².